The molecule has 0 radical (unpaired) electrons. The van der Waals surface area contributed by atoms with Gasteiger partial charge in [-0.25, -0.2) is 4.98 Å². The number of aryl methyl sites for hydroxylation is 1. The highest BCUT2D eigenvalue weighted by Gasteiger charge is 2.15. The molecule has 96 valence electrons. The molecule has 3 heteroatoms. The zero-order valence-electron chi connectivity index (χ0n) is 11.0. The van der Waals surface area contributed by atoms with Crippen molar-refractivity contribution in [3.8, 4) is 0 Å². The van der Waals surface area contributed by atoms with Gasteiger partial charge in [0.25, 0.3) is 0 Å². The number of hydrogen-bond donors (Lipinski definition) is 0. The standard InChI is InChI=1S/C12H16ClNO.C2H6/c1-9-6-10(7-12(13)14-9)8-15-11-4-2-3-5-11;1-2/h6-7,11H,2-5,8H2,1H3;1-2H3. The average Bonchev–Trinajstić information content (AvgIpc) is 2.81. The van der Waals surface area contributed by atoms with Gasteiger partial charge in [-0.1, -0.05) is 38.3 Å². The first-order valence-corrected chi connectivity index (χ1v) is 6.86. The summed E-state index contributed by atoms with van der Waals surface area (Å²) in [6.45, 7) is 6.61. The highest BCUT2D eigenvalue weighted by molar-refractivity contribution is 6.29. The van der Waals surface area contributed by atoms with Crippen molar-refractivity contribution in [1.29, 1.82) is 0 Å². The smallest absolute Gasteiger partial charge is 0.129 e. The Labute approximate surface area is 109 Å². The number of rotatable bonds is 3. The van der Waals surface area contributed by atoms with Crippen molar-refractivity contribution >= 4 is 11.6 Å². The lowest BCUT2D eigenvalue weighted by molar-refractivity contribution is 0.0456. The van der Waals surface area contributed by atoms with E-state index in [1.807, 2.05) is 32.9 Å². The van der Waals surface area contributed by atoms with Crippen LogP contribution in [0.3, 0.4) is 0 Å². The molecule has 1 aliphatic carbocycles. The molecule has 1 aromatic rings. The van der Waals surface area contributed by atoms with Gasteiger partial charge in [0.1, 0.15) is 5.15 Å². The lowest BCUT2D eigenvalue weighted by Crippen LogP contribution is -2.07. The van der Waals surface area contributed by atoms with E-state index in [4.69, 9.17) is 16.3 Å². The van der Waals surface area contributed by atoms with E-state index < -0.39 is 0 Å². The van der Waals surface area contributed by atoms with Crippen LogP contribution >= 0.6 is 11.6 Å². The molecular weight excluding hydrogens is 234 g/mol. The van der Waals surface area contributed by atoms with Gasteiger partial charge in [0.2, 0.25) is 0 Å². The summed E-state index contributed by atoms with van der Waals surface area (Å²) in [5.41, 5.74) is 2.08. The van der Waals surface area contributed by atoms with Crippen molar-refractivity contribution in [3.63, 3.8) is 0 Å². The Morgan fingerprint density at radius 2 is 1.94 bits per heavy atom. The van der Waals surface area contributed by atoms with Crippen molar-refractivity contribution in [2.75, 3.05) is 0 Å². The lowest BCUT2D eigenvalue weighted by Gasteiger charge is -2.11. The van der Waals surface area contributed by atoms with Gasteiger partial charge in [0, 0.05) is 5.69 Å². The average molecular weight is 256 g/mol. The summed E-state index contributed by atoms with van der Waals surface area (Å²) in [6.07, 6.45) is 5.48. The second-order valence-corrected chi connectivity index (χ2v) is 4.54. The minimum absolute atomic E-state index is 0.456. The fraction of sp³-hybridized carbons (Fsp3) is 0.643. The topological polar surface area (TPSA) is 22.1 Å². The van der Waals surface area contributed by atoms with Crippen LogP contribution in [0, 0.1) is 6.92 Å². The molecule has 2 rings (SSSR count). The molecule has 1 aromatic heterocycles. The normalized spacial score (nSPS) is 15.5. The zero-order chi connectivity index (χ0) is 12.7. The molecule has 1 heterocycles. The summed E-state index contributed by atoms with van der Waals surface area (Å²) < 4.78 is 5.81. The first-order chi connectivity index (χ1) is 8.24. The molecule has 17 heavy (non-hydrogen) atoms. The second kappa shape index (κ2) is 7.67. The molecule has 2 nitrogen and oxygen atoms in total. The molecule has 1 saturated carbocycles. The van der Waals surface area contributed by atoms with E-state index >= 15 is 0 Å². The Bertz CT molecular complexity index is 315. The molecule has 1 fully saturated rings. The molecule has 0 unspecified atom stereocenters. The van der Waals surface area contributed by atoms with Crippen LogP contribution < -0.4 is 0 Å². The Hall–Kier alpha value is -0.600. The fourth-order valence-electron chi connectivity index (χ4n) is 2.05. The summed E-state index contributed by atoms with van der Waals surface area (Å²) in [5.74, 6) is 0. The van der Waals surface area contributed by atoms with Crippen LogP contribution in [0.1, 0.15) is 50.8 Å². The second-order valence-electron chi connectivity index (χ2n) is 4.16. The van der Waals surface area contributed by atoms with Crippen LogP contribution in [0.25, 0.3) is 0 Å². The summed E-state index contributed by atoms with van der Waals surface area (Å²) in [7, 11) is 0. The minimum Gasteiger partial charge on any atom is -0.374 e. The summed E-state index contributed by atoms with van der Waals surface area (Å²) in [5, 5.41) is 0.556. The fourth-order valence-corrected chi connectivity index (χ4v) is 2.32. The highest BCUT2D eigenvalue weighted by Crippen LogP contribution is 2.22. The van der Waals surface area contributed by atoms with E-state index in [0.717, 1.165) is 11.3 Å². The van der Waals surface area contributed by atoms with E-state index in [-0.39, 0.29) is 0 Å². The Morgan fingerprint density at radius 1 is 1.29 bits per heavy atom. The highest BCUT2D eigenvalue weighted by atomic mass is 35.5. The third-order valence-corrected chi connectivity index (χ3v) is 2.96. The van der Waals surface area contributed by atoms with Crippen molar-refractivity contribution in [1.82, 2.24) is 4.98 Å². The van der Waals surface area contributed by atoms with E-state index in [1.54, 1.807) is 0 Å². The molecule has 0 atom stereocenters. The predicted molar refractivity (Wildman–Crippen MR) is 72.4 cm³/mol. The number of halogens is 1. The largest absolute Gasteiger partial charge is 0.374 e. The summed E-state index contributed by atoms with van der Waals surface area (Å²) >= 11 is 5.88. The van der Waals surface area contributed by atoms with E-state index in [1.165, 1.54) is 25.7 Å². The molecule has 0 spiro atoms. The SMILES string of the molecule is CC.Cc1cc(COC2CCCC2)cc(Cl)n1. The lowest BCUT2D eigenvalue weighted by atomic mass is 10.2. The zero-order valence-corrected chi connectivity index (χ0v) is 11.8. The van der Waals surface area contributed by atoms with Gasteiger partial charge >= 0.3 is 0 Å². The number of nitrogens with zero attached hydrogens (tertiary/aromatic N) is 1. The third kappa shape index (κ3) is 5.05. The van der Waals surface area contributed by atoms with Crippen LogP contribution in [0.5, 0.6) is 0 Å². The Kier molecular flexibility index (Phi) is 6.53. The number of pyridine rings is 1. The number of hydrogen-bond acceptors (Lipinski definition) is 2. The van der Waals surface area contributed by atoms with E-state index in [2.05, 4.69) is 4.98 Å². The molecule has 0 aromatic carbocycles. The van der Waals surface area contributed by atoms with Gasteiger partial charge in [-0.05, 0) is 37.5 Å². The van der Waals surface area contributed by atoms with Crippen molar-refractivity contribution in [3.05, 3.63) is 28.5 Å². The summed E-state index contributed by atoms with van der Waals surface area (Å²) in [4.78, 5) is 4.12. The molecule has 0 amide bonds. The Balaban J connectivity index is 0.000000686. The van der Waals surface area contributed by atoms with E-state index in [9.17, 15) is 0 Å². The third-order valence-electron chi connectivity index (χ3n) is 2.77. The first kappa shape index (κ1) is 14.5. The minimum atomic E-state index is 0.456. The van der Waals surface area contributed by atoms with Crippen LogP contribution in [0.15, 0.2) is 12.1 Å². The molecular formula is C14H22ClNO. The quantitative estimate of drug-likeness (QED) is 0.741. The van der Waals surface area contributed by atoms with Crippen molar-refractivity contribution in [2.24, 2.45) is 0 Å². The van der Waals surface area contributed by atoms with Gasteiger partial charge < -0.3 is 4.74 Å². The van der Waals surface area contributed by atoms with Gasteiger partial charge in [-0.2, -0.15) is 0 Å². The Morgan fingerprint density at radius 3 is 2.53 bits per heavy atom. The van der Waals surface area contributed by atoms with Crippen molar-refractivity contribution < 1.29 is 4.74 Å². The first-order valence-electron chi connectivity index (χ1n) is 6.49. The van der Waals surface area contributed by atoms with Crippen LogP contribution in [-0.4, -0.2) is 11.1 Å². The van der Waals surface area contributed by atoms with Gasteiger partial charge in [0.05, 0.1) is 12.7 Å². The van der Waals surface area contributed by atoms with E-state index in [0.29, 0.717) is 17.9 Å². The van der Waals surface area contributed by atoms with Crippen LogP contribution in [-0.2, 0) is 11.3 Å². The number of ether oxygens (including phenoxy) is 1. The van der Waals surface area contributed by atoms with Crippen molar-refractivity contribution in [2.45, 2.75) is 59.2 Å². The maximum atomic E-state index is 5.88. The summed E-state index contributed by atoms with van der Waals surface area (Å²) in [6, 6.07) is 3.91. The maximum Gasteiger partial charge on any atom is 0.129 e. The monoisotopic (exact) mass is 255 g/mol. The molecule has 1 aliphatic rings. The van der Waals surface area contributed by atoms with Gasteiger partial charge in [-0.15, -0.1) is 0 Å². The van der Waals surface area contributed by atoms with Gasteiger partial charge in [0.15, 0.2) is 0 Å². The molecule has 0 aliphatic heterocycles. The predicted octanol–water partition coefficient (Wildman–Crippen LogP) is 4.53. The van der Waals surface area contributed by atoms with Crippen LogP contribution in [0.2, 0.25) is 5.15 Å². The van der Waals surface area contributed by atoms with Gasteiger partial charge in [-0.3, -0.25) is 0 Å². The number of aromatic nitrogens is 1. The molecule has 0 saturated heterocycles. The molecule has 0 N–H and O–H groups in total. The molecule has 0 bridgehead atoms. The maximum absolute atomic E-state index is 5.88. The van der Waals surface area contributed by atoms with Crippen LogP contribution in [0.4, 0.5) is 0 Å².